The van der Waals surface area contributed by atoms with Crippen LogP contribution in [0, 0.1) is 5.92 Å². The third kappa shape index (κ3) is 3.26. The first-order chi connectivity index (χ1) is 11.3. The SMILES string of the molecule is CO[C@@H]1C(=CC=C(C)C)CC[C@]2(CO2)[C@H]1[C@@]1(C)O[C@@H]1CC=C(C)C. The van der Waals surface area contributed by atoms with E-state index in [0.29, 0.717) is 0 Å². The normalized spacial score (nSPS) is 42.1. The lowest BCUT2D eigenvalue weighted by Crippen LogP contribution is -2.49. The van der Waals surface area contributed by atoms with Gasteiger partial charge in [0.15, 0.2) is 0 Å². The van der Waals surface area contributed by atoms with Crippen molar-refractivity contribution >= 4 is 0 Å². The molecule has 5 atom stereocenters. The first kappa shape index (κ1) is 17.9. The van der Waals surface area contributed by atoms with Crippen molar-refractivity contribution in [3.05, 3.63) is 34.9 Å². The zero-order chi connectivity index (χ0) is 17.5. The molecule has 1 saturated carbocycles. The number of hydrogen-bond donors (Lipinski definition) is 0. The fourth-order valence-electron chi connectivity index (χ4n) is 4.29. The van der Waals surface area contributed by atoms with E-state index in [-0.39, 0.29) is 29.3 Å². The summed E-state index contributed by atoms with van der Waals surface area (Å²) in [6.45, 7) is 11.6. The molecule has 0 radical (unpaired) electrons. The minimum Gasteiger partial charge on any atom is -0.377 e. The average molecular weight is 332 g/mol. The topological polar surface area (TPSA) is 34.3 Å². The zero-order valence-electron chi connectivity index (χ0n) is 16.0. The molecule has 1 aliphatic carbocycles. The maximum atomic E-state index is 6.23. The number of ether oxygens (including phenoxy) is 3. The molecule has 134 valence electrons. The number of methoxy groups -OCH3 is 1. The van der Waals surface area contributed by atoms with Crippen molar-refractivity contribution in [2.24, 2.45) is 5.92 Å². The molecule has 0 aromatic rings. The number of epoxide rings is 2. The molecule has 2 heterocycles. The monoisotopic (exact) mass is 332 g/mol. The minimum atomic E-state index is -0.145. The minimum absolute atomic E-state index is 0.0303. The van der Waals surface area contributed by atoms with Gasteiger partial charge in [-0.05, 0) is 59.5 Å². The van der Waals surface area contributed by atoms with Crippen LogP contribution >= 0.6 is 0 Å². The molecule has 2 saturated heterocycles. The molecule has 3 fully saturated rings. The number of hydrogen-bond acceptors (Lipinski definition) is 3. The summed E-state index contributed by atoms with van der Waals surface area (Å²) >= 11 is 0. The van der Waals surface area contributed by atoms with Gasteiger partial charge in [-0.25, -0.2) is 0 Å². The summed E-state index contributed by atoms with van der Waals surface area (Å²) in [5, 5.41) is 0. The standard InChI is InChI=1S/C21H32O3/c1-14(2)7-9-16-11-12-21(13-23-21)19(18(16)22-6)20(5)17(24-20)10-8-15(3)4/h7-9,17-19H,10-13H2,1-6H3/t17-,18-,19-,20+,21+/m1/s1. The first-order valence-corrected chi connectivity index (χ1v) is 9.14. The van der Waals surface area contributed by atoms with Gasteiger partial charge in [0.1, 0.15) is 11.2 Å². The fraction of sp³-hybridized carbons (Fsp3) is 0.714. The van der Waals surface area contributed by atoms with Gasteiger partial charge < -0.3 is 14.2 Å². The Morgan fingerprint density at radius 3 is 2.50 bits per heavy atom. The van der Waals surface area contributed by atoms with Crippen molar-refractivity contribution < 1.29 is 14.2 Å². The lowest BCUT2D eigenvalue weighted by Gasteiger charge is -2.40. The fourth-order valence-corrected chi connectivity index (χ4v) is 4.29. The van der Waals surface area contributed by atoms with Crippen LogP contribution in [0.15, 0.2) is 34.9 Å². The molecule has 0 aromatic carbocycles. The highest BCUT2D eigenvalue weighted by molar-refractivity contribution is 5.30. The van der Waals surface area contributed by atoms with E-state index in [4.69, 9.17) is 14.2 Å². The second-order valence-electron chi connectivity index (χ2n) is 8.28. The van der Waals surface area contributed by atoms with Crippen molar-refractivity contribution in [2.75, 3.05) is 13.7 Å². The number of allylic oxidation sites excluding steroid dienone is 4. The zero-order valence-corrected chi connectivity index (χ0v) is 16.0. The van der Waals surface area contributed by atoms with Gasteiger partial charge in [0.05, 0.1) is 24.7 Å². The Kier molecular flexibility index (Phi) is 4.80. The summed E-state index contributed by atoms with van der Waals surface area (Å²) in [4.78, 5) is 0. The van der Waals surface area contributed by atoms with Gasteiger partial charge in [-0.1, -0.05) is 29.4 Å². The average Bonchev–Trinajstić information content (AvgIpc) is 3.42. The molecule has 0 bridgehead atoms. The molecule has 2 aliphatic heterocycles. The first-order valence-electron chi connectivity index (χ1n) is 9.14. The van der Waals surface area contributed by atoms with Gasteiger partial charge in [0.25, 0.3) is 0 Å². The Morgan fingerprint density at radius 2 is 1.96 bits per heavy atom. The molecular formula is C21H32O3. The molecule has 3 aliphatic rings. The van der Waals surface area contributed by atoms with Crippen LogP contribution in [0.2, 0.25) is 0 Å². The van der Waals surface area contributed by atoms with E-state index >= 15 is 0 Å². The van der Waals surface area contributed by atoms with Crippen LogP contribution in [-0.2, 0) is 14.2 Å². The van der Waals surface area contributed by atoms with Gasteiger partial charge in [0.2, 0.25) is 0 Å². The van der Waals surface area contributed by atoms with Crippen molar-refractivity contribution in [2.45, 2.75) is 77.3 Å². The highest BCUT2D eigenvalue weighted by Gasteiger charge is 2.71. The lowest BCUT2D eigenvalue weighted by atomic mass is 9.67. The lowest BCUT2D eigenvalue weighted by molar-refractivity contribution is -0.0201. The molecule has 0 amide bonds. The largest absolute Gasteiger partial charge is 0.377 e. The van der Waals surface area contributed by atoms with Crippen LogP contribution in [-0.4, -0.2) is 37.1 Å². The van der Waals surface area contributed by atoms with Gasteiger partial charge >= 0.3 is 0 Å². The van der Waals surface area contributed by atoms with Gasteiger partial charge in [-0.2, -0.15) is 0 Å². The molecule has 3 heteroatoms. The summed E-state index contributed by atoms with van der Waals surface area (Å²) in [5.74, 6) is 0.274. The quantitative estimate of drug-likeness (QED) is 0.545. The van der Waals surface area contributed by atoms with Crippen LogP contribution in [0.1, 0.15) is 53.9 Å². The van der Waals surface area contributed by atoms with Crippen molar-refractivity contribution in [1.82, 2.24) is 0 Å². The molecular weight excluding hydrogens is 300 g/mol. The van der Waals surface area contributed by atoms with E-state index in [1.165, 1.54) is 16.7 Å². The molecule has 3 rings (SSSR count). The summed E-state index contributed by atoms with van der Waals surface area (Å²) in [7, 11) is 1.83. The van der Waals surface area contributed by atoms with Crippen LogP contribution < -0.4 is 0 Å². The summed E-state index contributed by atoms with van der Waals surface area (Å²) in [6.07, 6.45) is 10.2. The van der Waals surface area contributed by atoms with Crippen LogP contribution in [0.3, 0.4) is 0 Å². The predicted molar refractivity (Wildman–Crippen MR) is 97.0 cm³/mol. The summed E-state index contributed by atoms with van der Waals surface area (Å²) < 4.78 is 18.2. The van der Waals surface area contributed by atoms with Crippen molar-refractivity contribution in [3.8, 4) is 0 Å². The summed E-state index contributed by atoms with van der Waals surface area (Å²) in [5.41, 5.74) is 3.86. The van der Waals surface area contributed by atoms with Gasteiger partial charge in [0, 0.05) is 7.11 Å². The second kappa shape index (κ2) is 6.44. The maximum Gasteiger partial charge on any atom is 0.101 e. The van der Waals surface area contributed by atoms with Crippen LogP contribution in [0.4, 0.5) is 0 Å². The van der Waals surface area contributed by atoms with E-state index in [2.05, 4.69) is 52.8 Å². The smallest absolute Gasteiger partial charge is 0.101 e. The van der Waals surface area contributed by atoms with E-state index in [0.717, 1.165) is 25.9 Å². The van der Waals surface area contributed by atoms with Crippen LogP contribution in [0.5, 0.6) is 0 Å². The van der Waals surface area contributed by atoms with E-state index in [1.807, 2.05) is 7.11 Å². The molecule has 0 aromatic heterocycles. The predicted octanol–water partition coefficient (Wildman–Crippen LogP) is 4.59. The highest BCUT2D eigenvalue weighted by Crippen LogP contribution is 2.60. The van der Waals surface area contributed by atoms with E-state index in [9.17, 15) is 0 Å². The highest BCUT2D eigenvalue weighted by atomic mass is 16.6. The van der Waals surface area contributed by atoms with Gasteiger partial charge in [-0.3, -0.25) is 0 Å². The summed E-state index contributed by atoms with van der Waals surface area (Å²) in [6, 6.07) is 0. The Labute approximate surface area is 146 Å². The Bertz CT molecular complexity index is 574. The molecule has 0 unspecified atom stereocenters. The molecule has 0 N–H and O–H groups in total. The molecule has 24 heavy (non-hydrogen) atoms. The Balaban J connectivity index is 1.85. The molecule has 3 nitrogen and oxygen atoms in total. The van der Waals surface area contributed by atoms with Crippen LogP contribution in [0.25, 0.3) is 0 Å². The second-order valence-corrected chi connectivity index (χ2v) is 8.28. The van der Waals surface area contributed by atoms with Crippen molar-refractivity contribution in [3.63, 3.8) is 0 Å². The maximum absolute atomic E-state index is 6.23. The van der Waals surface area contributed by atoms with Crippen molar-refractivity contribution in [1.29, 1.82) is 0 Å². The van der Waals surface area contributed by atoms with Gasteiger partial charge in [-0.15, -0.1) is 0 Å². The molecule has 1 spiro atoms. The third-order valence-electron chi connectivity index (χ3n) is 5.81. The Morgan fingerprint density at radius 1 is 1.25 bits per heavy atom. The Hall–Kier alpha value is -0.900. The number of rotatable bonds is 5. The third-order valence-corrected chi connectivity index (χ3v) is 5.81. The van der Waals surface area contributed by atoms with E-state index in [1.54, 1.807) is 0 Å². The van der Waals surface area contributed by atoms with E-state index < -0.39 is 0 Å².